The van der Waals surface area contributed by atoms with Gasteiger partial charge < -0.3 is 4.90 Å². The number of aromatic nitrogens is 2. The van der Waals surface area contributed by atoms with Crippen molar-refractivity contribution in [2.75, 3.05) is 23.3 Å². The zero-order valence-corrected chi connectivity index (χ0v) is 11.1. The predicted octanol–water partition coefficient (Wildman–Crippen LogP) is 2.71. The Morgan fingerprint density at radius 3 is 2.64 bits per heavy atom. The lowest BCUT2D eigenvalue weighted by Crippen LogP contribution is -2.25. The van der Waals surface area contributed by atoms with Crippen LogP contribution >= 0.6 is 27.5 Å². The molecule has 0 atom stereocenters. The van der Waals surface area contributed by atoms with E-state index in [0.29, 0.717) is 0 Å². The lowest BCUT2D eigenvalue weighted by molar-refractivity contribution is 0.790. The van der Waals surface area contributed by atoms with Crippen LogP contribution in [0, 0.1) is 0 Å². The summed E-state index contributed by atoms with van der Waals surface area (Å²) in [4.78, 5) is 6.76. The number of halogens is 1. The Labute approximate surface area is 97.8 Å². The van der Waals surface area contributed by atoms with E-state index in [2.05, 4.69) is 44.0 Å². The highest BCUT2D eigenvalue weighted by molar-refractivity contribution is 9.09. The molecule has 0 saturated heterocycles. The van der Waals surface area contributed by atoms with Gasteiger partial charge in [-0.05, 0) is 6.42 Å². The number of rotatable bonds is 6. The first-order valence-corrected chi connectivity index (χ1v) is 6.84. The van der Waals surface area contributed by atoms with Crippen molar-refractivity contribution < 1.29 is 0 Å². The Balaban J connectivity index is 2.65. The molecule has 0 aliphatic heterocycles. The Bertz CT molecular complexity index is 258. The van der Waals surface area contributed by atoms with Crippen molar-refractivity contribution in [3.63, 3.8) is 0 Å². The van der Waals surface area contributed by atoms with Gasteiger partial charge in [-0.2, -0.15) is 4.37 Å². The maximum atomic E-state index is 4.48. The van der Waals surface area contributed by atoms with Crippen molar-refractivity contribution in [1.29, 1.82) is 0 Å². The zero-order chi connectivity index (χ0) is 10.4. The van der Waals surface area contributed by atoms with Gasteiger partial charge in [-0.1, -0.05) is 29.8 Å². The topological polar surface area (TPSA) is 29.0 Å². The SMILES string of the molecule is CCCN(CCBr)c1nc(CC)ns1. The van der Waals surface area contributed by atoms with Crippen LogP contribution < -0.4 is 4.90 Å². The third kappa shape index (κ3) is 3.20. The third-order valence-corrected chi connectivity index (χ3v) is 3.06. The van der Waals surface area contributed by atoms with E-state index in [9.17, 15) is 0 Å². The van der Waals surface area contributed by atoms with E-state index in [4.69, 9.17) is 0 Å². The van der Waals surface area contributed by atoms with Gasteiger partial charge in [0.2, 0.25) is 5.13 Å². The van der Waals surface area contributed by atoms with Gasteiger partial charge in [0.1, 0.15) is 5.82 Å². The van der Waals surface area contributed by atoms with Crippen LogP contribution in [0.4, 0.5) is 5.13 Å². The second-order valence-corrected chi connectivity index (χ2v) is 4.55. The first-order valence-electron chi connectivity index (χ1n) is 4.95. The molecule has 0 amide bonds. The molecule has 3 nitrogen and oxygen atoms in total. The van der Waals surface area contributed by atoms with Crippen molar-refractivity contribution >= 4 is 32.6 Å². The van der Waals surface area contributed by atoms with E-state index < -0.39 is 0 Å². The molecule has 0 aliphatic rings. The molecule has 80 valence electrons. The molecule has 1 aromatic heterocycles. The molecule has 1 aromatic rings. The third-order valence-electron chi connectivity index (χ3n) is 1.89. The van der Waals surface area contributed by atoms with Crippen molar-refractivity contribution in [1.82, 2.24) is 9.36 Å². The minimum atomic E-state index is 0.921. The van der Waals surface area contributed by atoms with Crippen molar-refractivity contribution in [2.24, 2.45) is 0 Å². The number of hydrogen-bond acceptors (Lipinski definition) is 4. The summed E-state index contributed by atoms with van der Waals surface area (Å²) < 4.78 is 4.29. The van der Waals surface area contributed by atoms with Gasteiger partial charge in [0, 0.05) is 36.4 Å². The molecule has 0 aromatic carbocycles. The van der Waals surface area contributed by atoms with E-state index in [-0.39, 0.29) is 0 Å². The number of alkyl halides is 1. The second kappa shape index (κ2) is 6.35. The first kappa shape index (κ1) is 11.9. The molecule has 1 heterocycles. The monoisotopic (exact) mass is 277 g/mol. The highest BCUT2D eigenvalue weighted by Gasteiger charge is 2.09. The summed E-state index contributed by atoms with van der Waals surface area (Å²) >= 11 is 4.96. The van der Waals surface area contributed by atoms with Crippen LogP contribution in [0.1, 0.15) is 26.1 Å². The van der Waals surface area contributed by atoms with E-state index in [1.165, 1.54) is 11.5 Å². The number of nitrogens with zero attached hydrogens (tertiary/aromatic N) is 3. The van der Waals surface area contributed by atoms with Gasteiger partial charge in [0.15, 0.2) is 0 Å². The van der Waals surface area contributed by atoms with Gasteiger partial charge in [0.05, 0.1) is 0 Å². The van der Waals surface area contributed by atoms with E-state index in [0.717, 1.165) is 42.2 Å². The standard InChI is InChI=1S/C9H16BrN3S/c1-3-6-13(7-5-10)9-11-8(4-2)12-14-9/h3-7H2,1-2H3. The molecule has 0 fully saturated rings. The van der Waals surface area contributed by atoms with Crippen LogP contribution in [-0.4, -0.2) is 27.8 Å². The van der Waals surface area contributed by atoms with Gasteiger partial charge in [-0.15, -0.1) is 0 Å². The lowest BCUT2D eigenvalue weighted by atomic mass is 10.4. The number of aryl methyl sites for hydroxylation is 1. The Morgan fingerprint density at radius 1 is 1.36 bits per heavy atom. The summed E-state index contributed by atoms with van der Waals surface area (Å²) in [5.74, 6) is 0.959. The molecular weight excluding hydrogens is 262 g/mol. The molecule has 0 radical (unpaired) electrons. The van der Waals surface area contributed by atoms with E-state index in [1.807, 2.05) is 0 Å². The number of anilines is 1. The fourth-order valence-corrected chi connectivity index (χ4v) is 2.42. The largest absolute Gasteiger partial charge is 0.346 e. The van der Waals surface area contributed by atoms with Gasteiger partial charge in [0.25, 0.3) is 0 Å². The summed E-state index contributed by atoms with van der Waals surface area (Å²) in [7, 11) is 0. The summed E-state index contributed by atoms with van der Waals surface area (Å²) in [6, 6.07) is 0. The molecule has 1 rings (SSSR count). The van der Waals surface area contributed by atoms with Crippen LogP contribution in [-0.2, 0) is 6.42 Å². The second-order valence-electron chi connectivity index (χ2n) is 3.02. The van der Waals surface area contributed by atoms with Crippen LogP contribution in [0.3, 0.4) is 0 Å². The fraction of sp³-hybridized carbons (Fsp3) is 0.778. The van der Waals surface area contributed by atoms with Crippen LogP contribution in [0.2, 0.25) is 0 Å². The van der Waals surface area contributed by atoms with Crippen molar-refractivity contribution in [3.8, 4) is 0 Å². The van der Waals surface area contributed by atoms with Gasteiger partial charge >= 0.3 is 0 Å². The number of hydrogen-bond donors (Lipinski definition) is 0. The molecule has 14 heavy (non-hydrogen) atoms. The minimum Gasteiger partial charge on any atom is -0.346 e. The minimum absolute atomic E-state index is 0.921. The molecule has 0 saturated carbocycles. The van der Waals surface area contributed by atoms with Crippen molar-refractivity contribution in [3.05, 3.63) is 5.82 Å². The smallest absolute Gasteiger partial charge is 0.205 e. The quantitative estimate of drug-likeness (QED) is 0.749. The van der Waals surface area contributed by atoms with Crippen LogP contribution in [0.15, 0.2) is 0 Å². The summed E-state index contributed by atoms with van der Waals surface area (Å²) in [6.45, 7) is 6.33. The maximum absolute atomic E-state index is 4.48. The Hall–Kier alpha value is -0.160. The predicted molar refractivity (Wildman–Crippen MR) is 65.6 cm³/mol. The van der Waals surface area contributed by atoms with Gasteiger partial charge in [-0.25, -0.2) is 4.98 Å². The average molecular weight is 278 g/mol. The average Bonchev–Trinajstić information content (AvgIpc) is 2.65. The fourth-order valence-electron chi connectivity index (χ4n) is 1.19. The molecule has 0 aliphatic carbocycles. The molecule has 0 unspecified atom stereocenters. The highest BCUT2D eigenvalue weighted by atomic mass is 79.9. The van der Waals surface area contributed by atoms with E-state index >= 15 is 0 Å². The molecule has 5 heteroatoms. The van der Waals surface area contributed by atoms with Crippen LogP contribution in [0.25, 0.3) is 0 Å². The molecular formula is C9H16BrN3S. The van der Waals surface area contributed by atoms with Crippen LogP contribution in [0.5, 0.6) is 0 Å². The normalized spacial score (nSPS) is 10.5. The summed E-state index contributed by atoms with van der Waals surface area (Å²) in [5.41, 5.74) is 0. The lowest BCUT2D eigenvalue weighted by Gasteiger charge is -2.18. The Morgan fingerprint density at radius 2 is 2.14 bits per heavy atom. The highest BCUT2D eigenvalue weighted by Crippen LogP contribution is 2.17. The molecule has 0 spiro atoms. The zero-order valence-electron chi connectivity index (χ0n) is 8.66. The Kier molecular flexibility index (Phi) is 5.40. The summed E-state index contributed by atoms with van der Waals surface area (Å²) in [5, 5.41) is 2.04. The first-order chi connectivity index (χ1) is 6.81. The maximum Gasteiger partial charge on any atom is 0.205 e. The van der Waals surface area contributed by atoms with Gasteiger partial charge in [-0.3, -0.25) is 0 Å². The molecule has 0 N–H and O–H groups in total. The summed E-state index contributed by atoms with van der Waals surface area (Å²) in [6.07, 6.45) is 2.07. The van der Waals surface area contributed by atoms with E-state index in [1.54, 1.807) is 0 Å². The molecule has 0 bridgehead atoms. The van der Waals surface area contributed by atoms with Crippen molar-refractivity contribution in [2.45, 2.75) is 26.7 Å².